The molecule has 2 heterocycles. The summed E-state index contributed by atoms with van der Waals surface area (Å²) in [5.41, 5.74) is 2.72. The number of rotatable bonds is 8. The van der Waals surface area contributed by atoms with Gasteiger partial charge >= 0.3 is 5.97 Å². The third-order valence-electron chi connectivity index (χ3n) is 4.97. The Balaban J connectivity index is 1.43. The number of carbonyl (C=O) groups is 2. The zero-order valence-corrected chi connectivity index (χ0v) is 19.2. The predicted molar refractivity (Wildman–Crippen MR) is 122 cm³/mol. The normalized spacial score (nSPS) is 11.7. The van der Waals surface area contributed by atoms with E-state index in [2.05, 4.69) is 20.7 Å². The molecule has 1 amide bonds. The molecule has 4 aromatic rings. The van der Waals surface area contributed by atoms with Crippen molar-refractivity contribution in [3.8, 4) is 22.7 Å². The maximum absolute atomic E-state index is 12.5. The molecule has 0 saturated carbocycles. The largest absolute Gasteiger partial charge is 0.456 e. The Morgan fingerprint density at radius 1 is 1.09 bits per heavy atom. The molecule has 0 aliphatic heterocycles. The van der Waals surface area contributed by atoms with Crippen LogP contribution in [0.15, 0.2) is 63.5 Å². The Labute approximate surface area is 200 Å². The van der Waals surface area contributed by atoms with Crippen LogP contribution < -0.4 is 5.32 Å². The Bertz CT molecular complexity index is 1280. The Morgan fingerprint density at radius 2 is 1.82 bits per heavy atom. The van der Waals surface area contributed by atoms with E-state index >= 15 is 0 Å². The molecule has 0 fully saturated rings. The van der Waals surface area contributed by atoms with E-state index in [0.29, 0.717) is 22.0 Å². The van der Waals surface area contributed by atoms with Crippen molar-refractivity contribution in [2.24, 2.45) is 0 Å². The van der Waals surface area contributed by atoms with Gasteiger partial charge in [-0.1, -0.05) is 59.2 Å². The van der Waals surface area contributed by atoms with Gasteiger partial charge in [0.05, 0.1) is 12.5 Å². The molecule has 1 N–H and O–H groups in total. The van der Waals surface area contributed by atoms with Crippen LogP contribution in [0, 0.1) is 6.92 Å². The highest BCUT2D eigenvalue weighted by molar-refractivity contribution is 6.30. The van der Waals surface area contributed by atoms with Crippen molar-refractivity contribution in [3.63, 3.8) is 0 Å². The number of hydrogen-bond donors (Lipinski definition) is 1. The molecule has 0 aliphatic carbocycles. The van der Waals surface area contributed by atoms with Crippen LogP contribution >= 0.6 is 11.6 Å². The average molecular weight is 481 g/mol. The van der Waals surface area contributed by atoms with Gasteiger partial charge in [0.25, 0.3) is 11.8 Å². The maximum Gasteiger partial charge on any atom is 0.308 e. The van der Waals surface area contributed by atoms with E-state index in [4.69, 9.17) is 25.3 Å². The summed E-state index contributed by atoms with van der Waals surface area (Å²) in [5.74, 6) is 0.0332. The molecular weight excluding hydrogens is 460 g/mol. The van der Waals surface area contributed by atoms with Crippen LogP contribution in [-0.2, 0) is 20.9 Å². The van der Waals surface area contributed by atoms with Crippen LogP contribution in [0.25, 0.3) is 22.7 Å². The predicted octanol–water partition coefficient (Wildman–Crippen LogP) is 4.66. The minimum Gasteiger partial charge on any atom is -0.456 e. The van der Waals surface area contributed by atoms with Crippen molar-refractivity contribution >= 4 is 23.5 Å². The molecule has 2 aromatic heterocycles. The summed E-state index contributed by atoms with van der Waals surface area (Å²) in [4.78, 5) is 24.1. The Hall–Kier alpha value is -3.98. The zero-order valence-electron chi connectivity index (χ0n) is 18.4. The number of carbonyl (C=O) groups excluding carboxylic acids is 2. The Morgan fingerprint density at radius 3 is 2.53 bits per heavy atom. The first-order valence-corrected chi connectivity index (χ1v) is 10.8. The second kappa shape index (κ2) is 10.3. The summed E-state index contributed by atoms with van der Waals surface area (Å²) < 4.78 is 16.3. The van der Waals surface area contributed by atoms with Gasteiger partial charge in [0.2, 0.25) is 5.91 Å². The van der Waals surface area contributed by atoms with Gasteiger partial charge in [0.15, 0.2) is 6.61 Å². The lowest BCUT2D eigenvalue weighted by Crippen LogP contribution is -2.28. The third-order valence-corrected chi connectivity index (χ3v) is 5.22. The highest BCUT2D eigenvalue weighted by Gasteiger charge is 2.23. The van der Waals surface area contributed by atoms with Gasteiger partial charge in [-0.15, -0.1) is 10.2 Å². The van der Waals surface area contributed by atoms with Crippen LogP contribution in [0.3, 0.4) is 0 Å². The van der Waals surface area contributed by atoms with Crippen LogP contribution in [0.5, 0.6) is 0 Å². The quantitative estimate of drug-likeness (QED) is 0.361. The zero-order chi connectivity index (χ0) is 24.1. The number of halogens is 1. The summed E-state index contributed by atoms with van der Waals surface area (Å²) in [6.07, 6.45) is -0.0783. The van der Waals surface area contributed by atoms with E-state index in [1.165, 1.54) is 6.92 Å². The molecule has 10 heteroatoms. The van der Waals surface area contributed by atoms with E-state index in [9.17, 15) is 9.59 Å². The fraction of sp³-hybridized carbons (Fsp3) is 0.208. The monoisotopic (exact) mass is 480 g/mol. The fourth-order valence-corrected chi connectivity index (χ4v) is 3.52. The summed E-state index contributed by atoms with van der Waals surface area (Å²) in [6.45, 7) is 2.91. The molecule has 0 saturated heterocycles. The summed E-state index contributed by atoms with van der Waals surface area (Å²) >= 11 is 5.93. The molecule has 9 nitrogen and oxygen atoms in total. The molecule has 0 spiro atoms. The second-order valence-electron chi connectivity index (χ2n) is 7.50. The van der Waals surface area contributed by atoms with Crippen LogP contribution in [0.1, 0.15) is 36.6 Å². The molecule has 4 rings (SSSR count). The Kier molecular flexibility index (Phi) is 7.03. The first-order chi connectivity index (χ1) is 16.4. The summed E-state index contributed by atoms with van der Waals surface area (Å²) in [5, 5.41) is 15.4. The molecule has 0 bridgehead atoms. The third kappa shape index (κ3) is 5.49. The van der Waals surface area contributed by atoms with Crippen molar-refractivity contribution in [1.82, 2.24) is 20.7 Å². The lowest BCUT2D eigenvalue weighted by Gasteiger charge is -2.17. The first kappa shape index (κ1) is 23.2. The number of nitrogens with one attached hydrogen (secondary N) is 1. The SMILES string of the molecule is CC(=O)NC(CC(=O)OCc1nnc(-c2c(-c3ccccc3)noc2C)o1)c1ccc(Cl)cc1. The highest BCUT2D eigenvalue weighted by atomic mass is 35.5. The molecular formula is C24H21ClN4O5. The summed E-state index contributed by atoms with van der Waals surface area (Å²) in [7, 11) is 0. The van der Waals surface area contributed by atoms with E-state index < -0.39 is 12.0 Å². The smallest absolute Gasteiger partial charge is 0.308 e. The molecule has 0 radical (unpaired) electrons. The van der Waals surface area contributed by atoms with Gasteiger partial charge in [-0.3, -0.25) is 9.59 Å². The number of amides is 1. The van der Waals surface area contributed by atoms with Crippen molar-refractivity contribution in [2.75, 3.05) is 0 Å². The van der Waals surface area contributed by atoms with Crippen LogP contribution in [-0.4, -0.2) is 27.2 Å². The maximum atomic E-state index is 12.5. The van der Waals surface area contributed by atoms with Crippen molar-refractivity contribution < 1.29 is 23.3 Å². The van der Waals surface area contributed by atoms with Crippen LogP contribution in [0.2, 0.25) is 5.02 Å². The average Bonchev–Trinajstić information content (AvgIpc) is 3.44. The van der Waals surface area contributed by atoms with Gasteiger partial charge < -0.3 is 19.0 Å². The molecule has 0 aliphatic rings. The minimum atomic E-state index is -0.561. The molecule has 1 atom stereocenters. The number of nitrogens with zero attached hydrogens (tertiary/aromatic N) is 3. The summed E-state index contributed by atoms with van der Waals surface area (Å²) in [6, 6.07) is 15.8. The van der Waals surface area contributed by atoms with Crippen molar-refractivity contribution in [1.29, 1.82) is 0 Å². The molecule has 34 heavy (non-hydrogen) atoms. The van der Waals surface area contributed by atoms with Gasteiger partial charge in [0, 0.05) is 17.5 Å². The van der Waals surface area contributed by atoms with Crippen molar-refractivity contribution in [3.05, 3.63) is 76.8 Å². The van der Waals surface area contributed by atoms with E-state index in [-0.39, 0.29) is 30.7 Å². The van der Waals surface area contributed by atoms with Gasteiger partial charge in [-0.2, -0.15) is 0 Å². The van der Waals surface area contributed by atoms with E-state index in [1.807, 2.05) is 30.3 Å². The van der Waals surface area contributed by atoms with E-state index in [1.54, 1.807) is 31.2 Å². The number of benzene rings is 2. The first-order valence-electron chi connectivity index (χ1n) is 10.4. The van der Waals surface area contributed by atoms with Gasteiger partial charge in [0.1, 0.15) is 17.0 Å². The molecule has 2 aromatic carbocycles. The lowest BCUT2D eigenvalue weighted by molar-refractivity contribution is -0.146. The number of aryl methyl sites for hydroxylation is 1. The molecule has 1 unspecified atom stereocenters. The number of esters is 1. The van der Waals surface area contributed by atoms with Crippen LogP contribution in [0.4, 0.5) is 0 Å². The lowest BCUT2D eigenvalue weighted by atomic mass is 10.0. The van der Waals surface area contributed by atoms with E-state index in [0.717, 1.165) is 11.1 Å². The second-order valence-corrected chi connectivity index (χ2v) is 7.94. The van der Waals surface area contributed by atoms with Crippen molar-refractivity contribution in [2.45, 2.75) is 32.9 Å². The number of aromatic nitrogens is 3. The van der Waals surface area contributed by atoms with Gasteiger partial charge in [-0.25, -0.2) is 0 Å². The van der Waals surface area contributed by atoms with Gasteiger partial charge in [-0.05, 0) is 24.6 Å². The number of ether oxygens (including phenoxy) is 1. The number of hydrogen-bond acceptors (Lipinski definition) is 8. The molecule has 174 valence electrons. The fourth-order valence-electron chi connectivity index (χ4n) is 3.39. The minimum absolute atomic E-state index is 0.0783. The highest BCUT2D eigenvalue weighted by Crippen LogP contribution is 2.33. The topological polar surface area (TPSA) is 120 Å². The standard InChI is InChI=1S/C24H21ClN4O5/c1-14-22(23(29-34-14)17-6-4-3-5-7-17)24-28-27-20(33-24)13-32-21(31)12-19(26-15(2)30)16-8-10-18(25)11-9-16/h3-11,19H,12-13H2,1-2H3,(H,26,30).